The van der Waals surface area contributed by atoms with E-state index in [9.17, 15) is 14.4 Å². The Hall–Kier alpha value is -3.59. The highest BCUT2D eigenvalue weighted by Gasteiger charge is 2.17. The number of nitrogens with one attached hydrogen (secondary N) is 2. The minimum atomic E-state index is -0.534. The second-order valence-corrected chi connectivity index (χ2v) is 8.02. The minimum Gasteiger partial charge on any atom is -0.487 e. The third-order valence-corrected chi connectivity index (χ3v) is 5.21. The first kappa shape index (κ1) is 23.1. The number of carbonyl (C=O) groups excluding carboxylic acids is 2. The van der Waals surface area contributed by atoms with E-state index >= 15 is 0 Å². The van der Waals surface area contributed by atoms with Gasteiger partial charge in [-0.3, -0.25) is 9.59 Å². The lowest BCUT2D eigenvalue weighted by Gasteiger charge is -2.12. The van der Waals surface area contributed by atoms with Crippen LogP contribution in [0.2, 0.25) is 0 Å². The van der Waals surface area contributed by atoms with Crippen molar-refractivity contribution in [2.45, 2.75) is 30.9 Å². The van der Waals surface area contributed by atoms with Crippen LogP contribution in [0.15, 0.2) is 70.6 Å². The van der Waals surface area contributed by atoms with Crippen molar-refractivity contribution in [3.05, 3.63) is 82.3 Å². The number of esters is 1. The van der Waals surface area contributed by atoms with Gasteiger partial charge < -0.3 is 19.8 Å². The Kier molecular flexibility index (Phi) is 8.04. The summed E-state index contributed by atoms with van der Waals surface area (Å²) < 4.78 is 10.6. The van der Waals surface area contributed by atoms with Gasteiger partial charge >= 0.3 is 5.97 Å². The zero-order valence-corrected chi connectivity index (χ0v) is 18.5. The second kappa shape index (κ2) is 11.1. The maximum atomic E-state index is 12.6. The molecular formula is C23H23N3O5S. The average Bonchev–Trinajstić information content (AvgIpc) is 2.78. The summed E-state index contributed by atoms with van der Waals surface area (Å²) in [5.74, 6) is -0.0153. The number of amides is 1. The highest BCUT2D eigenvalue weighted by molar-refractivity contribution is 8.00. The van der Waals surface area contributed by atoms with E-state index in [1.54, 1.807) is 38.1 Å². The summed E-state index contributed by atoms with van der Waals surface area (Å²) in [6.45, 7) is 3.87. The summed E-state index contributed by atoms with van der Waals surface area (Å²) in [7, 11) is 0. The van der Waals surface area contributed by atoms with Crippen LogP contribution in [-0.4, -0.2) is 33.7 Å². The van der Waals surface area contributed by atoms with E-state index in [2.05, 4.69) is 15.3 Å². The van der Waals surface area contributed by atoms with Gasteiger partial charge in [-0.1, -0.05) is 30.0 Å². The molecule has 0 spiro atoms. The van der Waals surface area contributed by atoms with Crippen molar-refractivity contribution in [2.75, 3.05) is 11.9 Å². The zero-order valence-electron chi connectivity index (χ0n) is 17.7. The van der Waals surface area contributed by atoms with Crippen molar-refractivity contribution in [3.63, 3.8) is 0 Å². The van der Waals surface area contributed by atoms with Crippen LogP contribution in [0.1, 0.15) is 29.9 Å². The number of benzene rings is 2. The van der Waals surface area contributed by atoms with Crippen LogP contribution in [0.5, 0.6) is 5.75 Å². The molecule has 3 aromatic rings. The molecule has 1 unspecified atom stereocenters. The normalized spacial score (nSPS) is 11.4. The topological polar surface area (TPSA) is 110 Å². The number of H-pyrrole nitrogens is 1. The monoisotopic (exact) mass is 453 g/mol. The number of para-hydroxylation sites is 1. The van der Waals surface area contributed by atoms with Crippen LogP contribution in [0.3, 0.4) is 0 Å². The number of carbonyl (C=O) groups is 2. The number of aromatic nitrogens is 2. The highest BCUT2D eigenvalue weighted by atomic mass is 32.2. The number of aromatic amines is 1. The van der Waals surface area contributed by atoms with E-state index in [1.165, 1.54) is 6.07 Å². The first-order valence-electron chi connectivity index (χ1n) is 9.97. The number of nitrogens with zero attached hydrogens (tertiary/aromatic N) is 1. The van der Waals surface area contributed by atoms with Crippen molar-refractivity contribution >= 4 is 29.3 Å². The van der Waals surface area contributed by atoms with Crippen molar-refractivity contribution in [1.29, 1.82) is 0 Å². The molecule has 3 rings (SSSR count). The summed E-state index contributed by atoms with van der Waals surface area (Å²) >= 11 is 1.13. The van der Waals surface area contributed by atoms with E-state index in [0.717, 1.165) is 11.8 Å². The molecule has 0 radical (unpaired) electrons. The largest absolute Gasteiger partial charge is 0.487 e. The van der Waals surface area contributed by atoms with Crippen molar-refractivity contribution < 1.29 is 19.1 Å². The Balaban J connectivity index is 1.59. The quantitative estimate of drug-likeness (QED) is 0.289. The predicted molar refractivity (Wildman–Crippen MR) is 122 cm³/mol. The molecule has 166 valence electrons. The van der Waals surface area contributed by atoms with Gasteiger partial charge in [0.1, 0.15) is 12.4 Å². The fraction of sp³-hybridized carbons (Fsp3) is 0.217. The minimum absolute atomic E-state index is 0.134. The van der Waals surface area contributed by atoms with Crippen LogP contribution >= 0.6 is 11.8 Å². The van der Waals surface area contributed by atoms with Crippen LogP contribution in [0.25, 0.3) is 0 Å². The Labute approximate surface area is 189 Å². The smallest absolute Gasteiger partial charge is 0.338 e. The molecule has 0 saturated heterocycles. The molecule has 1 amide bonds. The number of ether oxygens (including phenoxy) is 2. The Bertz CT molecular complexity index is 1120. The number of anilines is 1. The molecule has 1 heterocycles. The van der Waals surface area contributed by atoms with Gasteiger partial charge in [-0.25, -0.2) is 9.78 Å². The van der Waals surface area contributed by atoms with E-state index < -0.39 is 11.2 Å². The van der Waals surface area contributed by atoms with Gasteiger partial charge in [0.15, 0.2) is 5.16 Å². The number of rotatable bonds is 9. The molecule has 1 aromatic heterocycles. The average molecular weight is 454 g/mol. The molecule has 9 heteroatoms. The summed E-state index contributed by atoms with van der Waals surface area (Å²) in [4.78, 5) is 43.3. The van der Waals surface area contributed by atoms with E-state index in [0.29, 0.717) is 34.5 Å². The molecule has 0 aliphatic heterocycles. The van der Waals surface area contributed by atoms with E-state index in [4.69, 9.17) is 9.47 Å². The van der Waals surface area contributed by atoms with E-state index in [1.807, 2.05) is 30.3 Å². The number of thioether (sulfide) groups is 1. The van der Waals surface area contributed by atoms with Gasteiger partial charge in [0.2, 0.25) is 5.91 Å². The summed E-state index contributed by atoms with van der Waals surface area (Å²) in [5.41, 5.74) is 1.09. The molecule has 0 fully saturated rings. The molecule has 8 nitrogen and oxygen atoms in total. The van der Waals surface area contributed by atoms with Gasteiger partial charge in [-0.05, 0) is 50.2 Å². The molecule has 32 heavy (non-hydrogen) atoms. The van der Waals surface area contributed by atoms with E-state index in [-0.39, 0.29) is 18.1 Å². The lowest BCUT2D eigenvalue weighted by molar-refractivity contribution is -0.115. The Morgan fingerprint density at radius 1 is 1.12 bits per heavy atom. The summed E-state index contributed by atoms with van der Waals surface area (Å²) in [6.07, 6.45) is 0. The van der Waals surface area contributed by atoms with Crippen LogP contribution in [-0.2, 0) is 16.1 Å². The highest BCUT2D eigenvalue weighted by Crippen LogP contribution is 2.21. The van der Waals surface area contributed by atoms with Crippen molar-refractivity contribution in [1.82, 2.24) is 9.97 Å². The third kappa shape index (κ3) is 6.71. The van der Waals surface area contributed by atoms with Crippen LogP contribution in [0, 0.1) is 0 Å². The Morgan fingerprint density at radius 3 is 2.53 bits per heavy atom. The first-order chi connectivity index (χ1) is 15.4. The maximum absolute atomic E-state index is 12.6. The lowest BCUT2D eigenvalue weighted by Crippen LogP contribution is -2.23. The molecule has 2 aromatic carbocycles. The molecule has 0 aliphatic carbocycles. The lowest BCUT2D eigenvalue weighted by atomic mass is 10.2. The van der Waals surface area contributed by atoms with Gasteiger partial charge in [-0.2, -0.15) is 0 Å². The standard InChI is InChI=1S/C23H23N3O5S/c1-3-30-22(29)16-9-11-17(12-10-16)24-21(28)15(2)32-23-25-18(13-20(27)26-23)14-31-19-7-5-4-6-8-19/h4-13,15H,3,14H2,1-2H3,(H,24,28)(H,25,26,27). The maximum Gasteiger partial charge on any atom is 0.338 e. The van der Waals surface area contributed by atoms with Gasteiger partial charge in [0, 0.05) is 11.8 Å². The van der Waals surface area contributed by atoms with Gasteiger partial charge in [-0.15, -0.1) is 0 Å². The molecule has 2 N–H and O–H groups in total. The number of hydrogen-bond donors (Lipinski definition) is 2. The van der Waals surface area contributed by atoms with Crippen molar-refractivity contribution in [2.24, 2.45) is 0 Å². The van der Waals surface area contributed by atoms with Crippen LogP contribution in [0.4, 0.5) is 5.69 Å². The summed E-state index contributed by atoms with van der Waals surface area (Å²) in [6, 6.07) is 17.0. The predicted octanol–water partition coefficient (Wildman–Crippen LogP) is 3.64. The second-order valence-electron chi connectivity index (χ2n) is 6.69. The molecule has 0 aliphatic rings. The molecule has 1 atom stereocenters. The summed E-state index contributed by atoms with van der Waals surface area (Å²) in [5, 5.41) is 2.57. The number of hydrogen-bond acceptors (Lipinski definition) is 7. The first-order valence-corrected chi connectivity index (χ1v) is 10.9. The third-order valence-electron chi connectivity index (χ3n) is 4.22. The Morgan fingerprint density at radius 2 is 1.84 bits per heavy atom. The molecular weight excluding hydrogens is 430 g/mol. The SMILES string of the molecule is CCOC(=O)c1ccc(NC(=O)C(C)Sc2nc(COc3ccccc3)cc(=O)[nH]2)cc1. The molecule has 0 bridgehead atoms. The molecule has 0 saturated carbocycles. The fourth-order valence-corrected chi connectivity index (χ4v) is 3.49. The van der Waals surface area contributed by atoms with Crippen LogP contribution < -0.4 is 15.6 Å². The zero-order chi connectivity index (χ0) is 22.9. The fourth-order valence-electron chi connectivity index (χ4n) is 2.66. The van der Waals surface area contributed by atoms with Crippen molar-refractivity contribution in [3.8, 4) is 5.75 Å². The van der Waals surface area contributed by atoms with Gasteiger partial charge in [0.25, 0.3) is 5.56 Å². The van der Waals surface area contributed by atoms with Gasteiger partial charge in [0.05, 0.1) is 23.1 Å².